The Morgan fingerprint density at radius 2 is 1.58 bits per heavy atom. The smallest absolute Gasteiger partial charge is 0.255 e. The summed E-state index contributed by atoms with van der Waals surface area (Å²) in [4.78, 5) is 25.5. The highest BCUT2D eigenvalue weighted by molar-refractivity contribution is 6.06. The summed E-state index contributed by atoms with van der Waals surface area (Å²) in [5.74, 6) is -0.545. The molecule has 0 aliphatic carbocycles. The molecule has 4 N–H and O–H groups in total. The predicted octanol–water partition coefficient (Wildman–Crippen LogP) is 5.35. The van der Waals surface area contributed by atoms with Gasteiger partial charge in [-0.1, -0.05) is 32.0 Å². The first-order valence-corrected chi connectivity index (χ1v) is 10.9. The first kappa shape index (κ1) is 23.7. The lowest BCUT2D eigenvalue weighted by atomic mass is 9.85. The lowest BCUT2D eigenvalue weighted by molar-refractivity contribution is 0.101. The van der Waals surface area contributed by atoms with Crippen molar-refractivity contribution in [3.63, 3.8) is 0 Å². The van der Waals surface area contributed by atoms with E-state index in [1.807, 2.05) is 51.1 Å². The van der Waals surface area contributed by atoms with Crippen LogP contribution < -0.4 is 16.4 Å². The van der Waals surface area contributed by atoms with Gasteiger partial charge in [-0.15, -0.1) is 0 Å². The minimum atomic E-state index is -0.470. The highest BCUT2D eigenvalue weighted by Gasteiger charge is 2.23. The highest BCUT2D eigenvalue weighted by Crippen LogP contribution is 2.27. The number of rotatable bonds is 7. The van der Waals surface area contributed by atoms with Crippen molar-refractivity contribution in [2.24, 2.45) is 5.73 Å². The topological polar surface area (TPSA) is 108 Å². The number of nitrogens with zero attached hydrogens (tertiary/aromatic N) is 1. The Labute approximate surface area is 194 Å². The number of nitrogens with two attached hydrogens (primary N) is 1. The number of hydrogen-bond donors (Lipinski definition) is 3. The molecule has 0 fully saturated rings. The van der Waals surface area contributed by atoms with Gasteiger partial charge in [0, 0.05) is 28.0 Å². The summed E-state index contributed by atoms with van der Waals surface area (Å²) in [6.45, 7) is 5.96. The molecule has 0 bridgehead atoms. The average molecular weight is 441 g/mol. The predicted molar refractivity (Wildman–Crippen MR) is 131 cm³/mol. The quantitative estimate of drug-likeness (QED) is 0.460. The fourth-order valence-corrected chi connectivity index (χ4v) is 3.56. The van der Waals surface area contributed by atoms with Crippen molar-refractivity contribution in [1.82, 2.24) is 0 Å². The molecule has 168 valence electrons. The number of amides is 2. The van der Waals surface area contributed by atoms with Gasteiger partial charge in [0.05, 0.1) is 11.6 Å². The molecule has 3 aromatic carbocycles. The van der Waals surface area contributed by atoms with E-state index in [1.165, 1.54) is 0 Å². The first-order valence-electron chi connectivity index (χ1n) is 10.9. The van der Waals surface area contributed by atoms with Gasteiger partial charge in [-0.3, -0.25) is 9.59 Å². The van der Waals surface area contributed by atoms with E-state index in [-0.39, 0.29) is 11.8 Å². The lowest BCUT2D eigenvalue weighted by Crippen LogP contribution is -2.35. The maximum Gasteiger partial charge on any atom is 0.255 e. The molecule has 3 aromatic rings. The monoisotopic (exact) mass is 440 g/mol. The van der Waals surface area contributed by atoms with Crippen LogP contribution in [-0.2, 0) is 5.54 Å². The van der Waals surface area contributed by atoms with E-state index in [4.69, 9.17) is 11.0 Å². The van der Waals surface area contributed by atoms with Gasteiger partial charge >= 0.3 is 0 Å². The second-order valence-corrected chi connectivity index (χ2v) is 8.07. The molecule has 0 aliphatic rings. The maximum atomic E-state index is 13.0. The van der Waals surface area contributed by atoms with Crippen molar-refractivity contribution in [1.29, 1.82) is 5.26 Å². The van der Waals surface area contributed by atoms with Crippen LogP contribution in [0.25, 0.3) is 0 Å². The molecule has 0 heterocycles. The van der Waals surface area contributed by atoms with Gasteiger partial charge in [-0.25, -0.2) is 0 Å². The molecule has 6 nitrogen and oxygen atoms in total. The molecule has 3 rings (SSSR count). The molecule has 0 spiro atoms. The standard InChI is InChI=1S/C27H28N4O2/c1-4-27(29,5-2)22-8-6-7-21(15-22)26(33)31-24-16-23(14-9-18(24)3)30-25(32)20-12-10-19(17-28)11-13-20/h6-16H,4-5,29H2,1-3H3,(H,30,32)(H,31,33). The molecule has 33 heavy (non-hydrogen) atoms. The first-order chi connectivity index (χ1) is 15.8. The number of nitrogens with one attached hydrogen (secondary N) is 2. The summed E-state index contributed by atoms with van der Waals surface area (Å²) in [5, 5.41) is 14.7. The average Bonchev–Trinajstić information content (AvgIpc) is 2.85. The third-order valence-corrected chi connectivity index (χ3v) is 5.98. The fourth-order valence-electron chi connectivity index (χ4n) is 3.56. The molecule has 0 saturated heterocycles. The van der Waals surface area contributed by atoms with Gasteiger partial charge in [0.15, 0.2) is 0 Å². The molecule has 0 unspecified atom stereocenters. The van der Waals surface area contributed by atoms with Gasteiger partial charge in [0.25, 0.3) is 11.8 Å². The SMILES string of the molecule is CCC(N)(CC)c1cccc(C(=O)Nc2cc(NC(=O)c3ccc(C#N)cc3)ccc2C)c1. The maximum absolute atomic E-state index is 13.0. The van der Waals surface area contributed by atoms with Crippen molar-refractivity contribution in [3.05, 3.63) is 94.5 Å². The van der Waals surface area contributed by atoms with Crippen molar-refractivity contribution in [2.45, 2.75) is 39.2 Å². The summed E-state index contributed by atoms with van der Waals surface area (Å²) in [6, 6.07) is 21.1. The third-order valence-electron chi connectivity index (χ3n) is 5.98. The summed E-state index contributed by atoms with van der Waals surface area (Å²) in [7, 11) is 0. The molecule has 0 saturated carbocycles. The van der Waals surface area contributed by atoms with Crippen LogP contribution in [-0.4, -0.2) is 11.8 Å². The summed E-state index contributed by atoms with van der Waals surface area (Å²) in [6.07, 6.45) is 1.54. The summed E-state index contributed by atoms with van der Waals surface area (Å²) in [5.41, 5.74) is 10.4. The van der Waals surface area contributed by atoms with Gasteiger partial charge < -0.3 is 16.4 Å². The van der Waals surface area contributed by atoms with Crippen molar-refractivity contribution in [3.8, 4) is 6.07 Å². The van der Waals surface area contributed by atoms with Crippen molar-refractivity contribution >= 4 is 23.2 Å². The number of aryl methyl sites for hydroxylation is 1. The Kier molecular flexibility index (Phi) is 7.27. The van der Waals surface area contributed by atoms with Crippen LogP contribution in [0.15, 0.2) is 66.7 Å². The van der Waals surface area contributed by atoms with E-state index in [9.17, 15) is 9.59 Å². The van der Waals surface area contributed by atoms with Gasteiger partial charge in [-0.2, -0.15) is 5.26 Å². The van der Waals surface area contributed by atoms with Crippen LogP contribution in [0.2, 0.25) is 0 Å². The Morgan fingerprint density at radius 3 is 2.21 bits per heavy atom. The summed E-state index contributed by atoms with van der Waals surface area (Å²) < 4.78 is 0. The zero-order chi connectivity index (χ0) is 24.0. The van der Waals surface area contributed by atoms with Crippen LogP contribution in [0, 0.1) is 18.3 Å². The minimum Gasteiger partial charge on any atom is -0.322 e. The van der Waals surface area contributed by atoms with Gasteiger partial charge in [-0.05, 0) is 79.4 Å². The van der Waals surface area contributed by atoms with Gasteiger partial charge in [0.2, 0.25) is 0 Å². The van der Waals surface area contributed by atoms with Crippen molar-refractivity contribution < 1.29 is 9.59 Å². The van der Waals surface area contributed by atoms with Crippen molar-refractivity contribution in [2.75, 3.05) is 10.6 Å². The second-order valence-electron chi connectivity index (χ2n) is 8.07. The van der Waals surface area contributed by atoms with Gasteiger partial charge in [0.1, 0.15) is 0 Å². The Hall–Kier alpha value is -3.95. The Balaban J connectivity index is 1.78. The molecule has 0 aromatic heterocycles. The number of anilines is 2. The zero-order valence-corrected chi connectivity index (χ0v) is 19.1. The van der Waals surface area contributed by atoms with Crippen LogP contribution in [0.4, 0.5) is 11.4 Å². The van der Waals surface area contributed by atoms with E-state index in [0.29, 0.717) is 28.1 Å². The molecule has 0 radical (unpaired) electrons. The van der Waals surface area contributed by atoms with E-state index in [1.54, 1.807) is 42.5 Å². The lowest BCUT2D eigenvalue weighted by Gasteiger charge is -2.27. The molecule has 0 aliphatic heterocycles. The summed E-state index contributed by atoms with van der Waals surface area (Å²) >= 11 is 0. The molecular formula is C27H28N4O2. The number of nitriles is 1. The van der Waals surface area contributed by atoms with Crippen LogP contribution >= 0.6 is 0 Å². The van der Waals surface area contributed by atoms with Crippen LogP contribution in [0.5, 0.6) is 0 Å². The molecule has 0 atom stereocenters. The number of carbonyl (C=O) groups excluding carboxylic acids is 2. The Bertz CT molecular complexity index is 1210. The largest absolute Gasteiger partial charge is 0.322 e. The van der Waals surface area contributed by atoms with Crippen LogP contribution in [0.1, 0.15) is 64.1 Å². The second kappa shape index (κ2) is 10.1. The Morgan fingerprint density at radius 1 is 0.909 bits per heavy atom. The molecule has 2 amide bonds. The number of carbonyl (C=O) groups is 2. The van der Waals surface area contributed by atoms with E-state index in [0.717, 1.165) is 24.0 Å². The molecular weight excluding hydrogens is 412 g/mol. The number of benzene rings is 3. The van der Waals surface area contributed by atoms with E-state index in [2.05, 4.69) is 10.6 Å². The fraction of sp³-hybridized carbons (Fsp3) is 0.222. The normalized spacial score (nSPS) is 10.9. The third kappa shape index (κ3) is 5.46. The minimum absolute atomic E-state index is 0.245. The number of hydrogen-bond acceptors (Lipinski definition) is 4. The molecule has 6 heteroatoms. The highest BCUT2D eigenvalue weighted by atomic mass is 16.2. The zero-order valence-electron chi connectivity index (χ0n) is 19.1. The van der Waals surface area contributed by atoms with E-state index >= 15 is 0 Å². The van der Waals surface area contributed by atoms with Crippen LogP contribution in [0.3, 0.4) is 0 Å². The van der Waals surface area contributed by atoms with E-state index < -0.39 is 5.54 Å².